The second-order valence-electron chi connectivity index (χ2n) is 3.32. The van der Waals surface area contributed by atoms with Crippen molar-refractivity contribution in [1.29, 1.82) is 0 Å². The van der Waals surface area contributed by atoms with Gasteiger partial charge in [-0.3, -0.25) is 4.98 Å². The maximum Gasteiger partial charge on any atom is 0.0592 e. The zero-order valence-electron chi connectivity index (χ0n) is 7.28. The zero-order valence-corrected chi connectivity index (χ0v) is 8.87. The van der Waals surface area contributed by atoms with E-state index in [0.29, 0.717) is 6.04 Å². The van der Waals surface area contributed by atoms with E-state index in [1.54, 1.807) is 0 Å². The summed E-state index contributed by atoms with van der Waals surface area (Å²) in [6.07, 6.45) is 4.71. The molecule has 1 unspecified atom stereocenters. The van der Waals surface area contributed by atoms with Crippen LogP contribution < -0.4 is 10.6 Å². The normalized spacial score (nSPS) is 22.3. The standard InChI is InChI=1S/C9H12BrN3/c10-8-5-12-3-1-9(8)13-4-2-7(11)6-13/h1,3,5,7H,2,4,6,11H2. The number of halogens is 1. The number of hydrogen-bond donors (Lipinski definition) is 1. The monoisotopic (exact) mass is 241 g/mol. The summed E-state index contributed by atoms with van der Waals surface area (Å²) >= 11 is 3.48. The van der Waals surface area contributed by atoms with E-state index in [2.05, 4.69) is 25.8 Å². The maximum atomic E-state index is 5.84. The molecule has 1 aromatic heterocycles. The molecule has 1 aliphatic rings. The van der Waals surface area contributed by atoms with Crippen LogP contribution in [0.15, 0.2) is 22.9 Å². The summed E-state index contributed by atoms with van der Waals surface area (Å²) in [4.78, 5) is 6.32. The van der Waals surface area contributed by atoms with Gasteiger partial charge in [0.2, 0.25) is 0 Å². The SMILES string of the molecule is NC1CCN(c2ccncc2Br)C1. The van der Waals surface area contributed by atoms with Crippen LogP contribution in [-0.2, 0) is 0 Å². The first-order chi connectivity index (χ1) is 6.27. The largest absolute Gasteiger partial charge is 0.369 e. The minimum absolute atomic E-state index is 0.320. The van der Waals surface area contributed by atoms with E-state index in [9.17, 15) is 0 Å². The third-order valence-electron chi connectivity index (χ3n) is 2.32. The summed E-state index contributed by atoms with van der Waals surface area (Å²) in [6, 6.07) is 2.34. The van der Waals surface area contributed by atoms with Crippen LogP contribution in [0.4, 0.5) is 5.69 Å². The first-order valence-electron chi connectivity index (χ1n) is 4.37. The van der Waals surface area contributed by atoms with Crippen LogP contribution >= 0.6 is 15.9 Å². The van der Waals surface area contributed by atoms with E-state index in [0.717, 1.165) is 24.0 Å². The van der Waals surface area contributed by atoms with E-state index in [-0.39, 0.29) is 0 Å². The van der Waals surface area contributed by atoms with Gasteiger partial charge in [0.15, 0.2) is 0 Å². The van der Waals surface area contributed by atoms with Crippen molar-refractivity contribution in [2.24, 2.45) is 5.73 Å². The summed E-state index contributed by atoms with van der Waals surface area (Å²) in [5, 5.41) is 0. The molecule has 0 bridgehead atoms. The Balaban J connectivity index is 2.21. The minimum Gasteiger partial charge on any atom is -0.369 e. The molecule has 2 rings (SSSR count). The van der Waals surface area contributed by atoms with Crippen molar-refractivity contribution in [2.75, 3.05) is 18.0 Å². The van der Waals surface area contributed by atoms with Gasteiger partial charge in [0.25, 0.3) is 0 Å². The second-order valence-corrected chi connectivity index (χ2v) is 4.18. The lowest BCUT2D eigenvalue weighted by Gasteiger charge is -2.18. The molecule has 2 N–H and O–H groups in total. The Bertz CT molecular complexity index is 303. The fourth-order valence-corrected chi connectivity index (χ4v) is 2.13. The smallest absolute Gasteiger partial charge is 0.0592 e. The van der Waals surface area contributed by atoms with Gasteiger partial charge in [0, 0.05) is 31.5 Å². The molecule has 70 valence electrons. The van der Waals surface area contributed by atoms with E-state index in [4.69, 9.17) is 5.73 Å². The van der Waals surface area contributed by atoms with Crippen molar-refractivity contribution in [3.05, 3.63) is 22.9 Å². The van der Waals surface area contributed by atoms with Gasteiger partial charge in [0.05, 0.1) is 10.2 Å². The Kier molecular flexibility index (Phi) is 2.51. The fraction of sp³-hybridized carbons (Fsp3) is 0.444. The van der Waals surface area contributed by atoms with Gasteiger partial charge in [0.1, 0.15) is 0 Å². The van der Waals surface area contributed by atoms with Crippen LogP contribution in [0.25, 0.3) is 0 Å². The summed E-state index contributed by atoms with van der Waals surface area (Å²) in [5.74, 6) is 0. The Morgan fingerprint density at radius 1 is 1.62 bits per heavy atom. The maximum absolute atomic E-state index is 5.84. The summed E-state index contributed by atoms with van der Waals surface area (Å²) in [7, 11) is 0. The molecule has 0 aromatic carbocycles. The van der Waals surface area contributed by atoms with Crippen molar-refractivity contribution in [3.8, 4) is 0 Å². The summed E-state index contributed by atoms with van der Waals surface area (Å²) < 4.78 is 1.05. The number of nitrogens with zero attached hydrogens (tertiary/aromatic N) is 2. The molecule has 0 saturated carbocycles. The number of rotatable bonds is 1. The number of nitrogens with two attached hydrogens (primary N) is 1. The Morgan fingerprint density at radius 2 is 2.46 bits per heavy atom. The predicted octanol–water partition coefficient (Wildman–Crippen LogP) is 1.38. The number of pyridine rings is 1. The Hall–Kier alpha value is -0.610. The summed E-state index contributed by atoms with van der Waals surface area (Å²) in [6.45, 7) is 1.99. The molecule has 0 spiro atoms. The number of hydrogen-bond acceptors (Lipinski definition) is 3. The molecule has 1 fully saturated rings. The van der Waals surface area contributed by atoms with Crippen LogP contribution in [0.3, 0.4) is 0 Å². The van der Waals surface area contributed by atoms with E-state index in [1.165, 1.54) is 5.69 Å². The first-order valence-corrected chi connectivity index (χ1v) is 5.16. The highest BCUT2D eigenvalue weighted by Crippen LogP contribution is 2.27. The lowest BCUT2D eigenvalue weighted by atomic mass is 10.3. The zero-order chi connectivity index (χ0) is 9.26. The lowest BCUT2D eigenvalue weighted by molar-refractivity contribution is 0.752. The van der Waals surface area contributed by atoms with Gasteiger partial charge < -0.3 is 10.6 Å². The summed E-state index contributed by atoms with van der Waals surface area (Å²) in [5.41, 5.74) is 7.04. The van der Waals surface area contributed by atoms with Crippen LogP contribution in [0, 0.1) is 0 Å². The van der Waals surface area contributed by atoms with Crippen LogP contribution in [0.2, 0.25) is 0 Å². The highest BCUT2D eigenvalue weighted by Gasteiger charge is 2.20. The molecule has 13 heavy (non-hydrogen) atoms. The van der Waals surface area contributed by atoms with Gasteiger partial charge in [-0.2, -0.15) is 0 Å². The number of aromatic nitrogens is 1. The third kappa shape index (κ3) is 1.84. The average molecular weight is 242 g/mol. The van der Waals surface area contributed by atoms with Gasteiger partial charge in [-0.25, -0.2) is 0 Å². The van der Waals surface area contributed by atoms with Crippen LogP contribution in [0.5, 0.6) is 0 Å². The van der Waals surface area contributed by atoms with Crippen molar-refractivity contribution in [3.63, 3.8) is 0 Å². The highest BCUT2D eigenvalue weighted by molar-refractivity contribution is 9.10. The fourth-order valence-electron chi connectivity index (χ4n) is 1.63. The van der Waals surface area contributed by atoms with Gasteiger partial charge >= 0.3 is 0 Å². The van der Waals surface area contributed by atoms with Crippen molar-refractivity contribution < 1.29 is 0 Å². The van der Waals surface area contributed by atoms with E-state index < -0.39 is 0 Å². The van der Waals surface area contributed by atoms with E-state index >= 15 is 0 Å². The first kappa shape index (κ1) is 8.97. The van der Waals surface area contributed by atoms with Gasteiger partial charge in [-0.1, -0.05) is 0 Å². The average Bonchev–Trinajstić information content (AvgIpc) is 2.53. The van der Waals surface area contributed by atoms with Crippen molar-refractivity contribution >= 4 is 21.6 Å². The van der Waals surface area contributed by atoms with Crippen molar-refractivity contribution in [1.82, 2.24) is 4.98 Å². The topological polar surface area (TPSA) is 42.1 Å². The van der Waals surface area contributed by atoms with Crippen LogP contribution in [-0.4, -0.2) is 24.1 Å². The minimum atomic E-state index is 0.320. The van der Waals surface area contributed by atoms with Gasteiger partial charge in [-0.05, 0) is 28.4 Å². The number of anilines is 1. The third-order valence-corrected chi connectivity index (χ3v) is 2.93. The molecule has 0 radical (unpaired) electrons. The van der Waals surface area contributed by atoms with E-state index in [1.807, 2.05) is 18.5 Å². The Morgan fingerprint density at radius 3 is 3.08 bits per heavy atom. The molecule has 3 nitrogen and oxygen atoms in total. The molecule has 1 aliphatic heterocycles. The van der Waals surface area contributed by atoms with Gasteiger partial charge in [-0.15, -0.1) is 0 Å². The molecule has 2 heterocycles. The van der Waals surface area contributed by atoms with Crippen molar-refractivity contribution in [2.45, 2.75) is 12.5 Å². The molecular weight excluding hydrogens is 230 g/mol. The molecule has 0 aliphatic carbocycles. The quantitative estimate of drug-likeness (QED) is 0.808. The van der Waals surface area contributed by atoms with Crippen LogP contribution in [0.1, 0.15) is 6.42 Å². The predicted molar refractivity (Wildman–Crippen MR) is 56.7 cm³/mol. The lowest BCUT2D eigenvalue weighted by Crippen LogP contribution is -2.26. The molecule has 0 amide bonds. The highest BCUT2D eigenvalue weighted by atomic mass is 79.9. The molecular formula is C9H12BrN3. The molecule has 1 saturated heterocycles. The second kappa shape index (κ2) is 3.64. The molecule has 1 atom stereocenters. The Labute approximate surface area is 86.1 Å². The molecule has 1 aromatic rings. The molecule has 4 heteroatoms.